The second-order valence-corrected chi connectivity index (χ2v) is 10.2. The van der Waals surface area contributed by atoms with Gasteiger partial charge in [-0.25, -0.2) is 5.43 Å². The first-order chi connectivity index (χ1) is 21.0. The molecule has 0 saturated heterocycles. The van der Waals surface area contributed by atoms with Crippen LogP contribution in [0, 0.1) is 6.92 Å². The summed E-state index contributed by atoms with van der Waals surface area (Å²) >= 11 is 0. The van der Waals surface area contributed by atoms with Crippen LogP contribution in [0.2, 0.25) is 0 Å². The highest BCUT2D eigenvalue weighted by Gasteiger charge is 2.28. The average molecular weight is 568 g/mol. The third-order valence-electron chi connectivity index (χ3n) is 7.24. The standard InChI is InChI=1S/C35H29N5O3/c1-23-32-30(39-40-34(41)26-17-15-25(16-18-26)24-9-4-2-5-10-24)13-8-14-31(32)43-33(23)35(42)36-27-19-21-29(22-20-27)38-37-28-11-6-3-7-12-28/h2-7,9-12,15-22H,8,13-14H2,1H3,(H,36,42)(H,40,41)/b38-37?,39-30+. The first-order valence-electron chi connectivity index (χ1n) is 14.1. The van der Waals surface area contributed by atoms with Crippen LogP contribution < -0.4 is 10.7 Å². The number of hydrogen-bond donors (Lipinski definition) is 2. The zero-order valence-corrected chi connectivity index (χ0v) is 23.6. The maximum atomic E-state index is 13.2. The van der Waals surface area contributed by atoms with Gasteiger partial charge in [-0.1, -0.05) is 60.7 Å². The van der Waals surface area contributed by atoms with E-state index in [2.05, 4.69) is 26.1 Å². The summed E-state index contributed by atoms with van der Waals surface area (Å²) < 4.78 is 6.02. The van der Waals surface area contributed by atoms with E-state index in [1.165, 1.54) is 0 Å². The number of hydrazone groups is 1. The molecule has 0 unspecified atom stereocenters. The van der Waals surface area contributed by atoms with Gasteiger partial charge in [0.1, 0.15) is 5.76 Å². The van der Waals surface area contributed by atoms with Gasteiger partial charge in [-0.15, -0.1) is 0 Å². The Balaban J connectivity index is 1.13. The number of anilines is 1. The minimum atomic E-state index is -0.354. The third kappa shape index (κ3) is 6.33. The molecule has 5 aromatic rings. The quantitative estimate of drug-likeness (QED) is 0.152. The van der Waals surface area contributed by atoms with Crippen molar-refractivity contribution >= 4 is 34.6 Å². The lowest BCUT2D eigenvalue weighted by molar-refractivity contribution is 0.0953. The zero-order chi connectivity index (χ0) is 29.6. The van der Waals surface area contributed by atoms with E-state index in [9.17, 15) is 9.59 Å². The van der Waals surface area contributed by atoms with Crippen molar-refractivity contribution in [2.45, 2.75) is 26.2 Å². The Labute approximate surface area is 249 Å². The van der Waals surface area contributed by atoms with Crippen molar-refractivity contribution in [3.63, 3.8) is 0 Å². The molecular formula is C35H29N5O3. The van der Waals surface area contributed by atoms with Crippen LogP contribution in [0.4, 0.5) is 17.1 Å². The van der Waals surface area contributed by atoms with E-state index in [1.54, 1.807) is 36.4 Å². The summed E-state index contributed by atoms with van der Waals surface area (Å²) in [5.74, 6) is 0.276. The van der Waals surface area contributed by atoms with Crippen LogP contribution in [0.15, 0.2) is 129 Å². The van der Waals surface area contributed by atoms with Gasteiger partial charge in [-0.2, -0.15) is 15.3 Å². The number of furan rings is 1. The number of carbonyl (C=O) groups excluding carboxylic acids is 2. The summed E-state index contributed by atoms with van der Waals surface area (Å²) in [6.45, 7) is 1.84. The van der Waals surface area contributed by atoms with Crippen LogP contribution in [0.5, 0.6) is 0 Å². The minimum Gasteiger partial charge on any atom is -0.455 e. The number of amides is 2. The second kappa shape index (κ2) is 12.5. The molecule has 43 heavy (non-hydrogen) atoms. The lowest BCUT2D eigenvalue weighted by atomic mass is 9.93. The zero-order valence-electron chi connectivity index (χ0n) is 23.6. The van der Waals surface area contributed by atoms with Crippen LogP contribution in [0.25, 0.3) is 11.1 Å². The van der Waals surface area contributed by atoms with Crippen molar-refractivity contribution in [1.82, 2.24) is 5.43 Å². The Kier molecular flexibility index (Phi) is 7.99. The number of rotatable bonds is 7. The minimum absolute atomic E-state index is 0.232. The lowest BCUT2D eigenvalue weighted by Crippen LogP contribution is -2.22. The van der Waals surface area contributed by atoms with E-state index < -0.39 is 0 Å². The number of benzene rings is 4. The van der Waals surface area contributed by atoms with Crippen LogP contribution in [0.3, 0.4) is 0 Å². The van der Waals surface area contributed by atoms with Gasteiger partial charge in [-0.05, 0) is 79.4 Å². The molecule has 1 heterocycles. The van der Waals surface area contributed by atoms with Crippen molar-refractivity contribution in [2.75, 3.05) is 5.32 Å². The molecule has 0 spiro atoms. The summed E-state index contributed by atoms with van der Waals surface area (Å²) in [6.07, 6.45) is 2.17. The molecular weight excluding hydrogens is 538 g/mol. The summed E-state index contributed by atoms with van der Waals surface area (Å²) in [5.41, 5.74) is 9.53. The summed E-state index contributed by atoms with van der Waals surface area (Å²) in [7, 11) is 0. The number of carbonyl (C=O) groups is 2. The van der Waals surface area contributed by atoms with Crippen LogP contribution in [-0.2, 0) is 6.42 Å². The molecule has 8 heteroatoms. The molecule has 1 aromatic heterocycles. The molecule has 2 amide bonds. The van der Waals surface area contributed by atoms with Crippen molar-refractivity contribution in [3.8, 4) is 11.1 Å². The highest BCUT2D eigenvalue weighted by atomic mass is 16.4. The van der Waals surface area contributed by atoms with Crippen molar-refractivity contribution in [2.24, 2.45) is 15.3 Å². The Hall–Kier alpha value is -5.63. The number of hydrogen-bond acceptors (Lipinski definition) is 6. The SMILES string of the molecule is Cc1c(C(=O)Nc2ccc(N=Nc3ccccc3)cc2)oc2c1/C(=N/NC(=O)c1ccc(-c3ccccc3)cc1)CCC2. The number of aryl methyl sites for hydroxylation is 1. The van der Waals surface area contributed by atoms with Gasteiger partial charge in [0.05, 0.1) is 17.1 Å². The number of nitrogens with one attached hydrogen (secondary N) is 2. The summed E-state index contributed by atoms with van der Waals surface area (Å²) in [4.78, 5) is 26.0. The monoisotopic (exact) mass is 567 g/mol. The van der Waals surface area contributed by atoms with E-state index in [4.69, 9.17) is 4.42 Å². The molecule has 1 aliphatic carbocycles. The highest BCUT2D eigenvalue weighted by molar-refractivity contribution is 6.09. The molecule has 0 aliphatic heterocycles. The van der Waals surface area contributed by atoms with Crippen LogP contribution >= 0.6 is 0 Å². The van der Waals surface area contributed by atoms with Crippen molar-refractivity contribution < 1.29 is 14.0 Å². The molecule has 0 radical (unpaired) electrons. The average Bonchev–Trinajstić information content (AvgIpc) is 3.41. The van der Waals surface area contributed by atoms with Crippen LogP contribution in [0.1, 0.15) is 50.6 Å². The fourth-order valence-corrected chi connectivity index (χ4v) is 5.03. The molecule has 4 aromatic carbocycles. The van der Waals surface area contributed by atoms with E-state index in [0.717, 1.165) is 28.8 Å². The third-order valence-corrected chi connectivity index (χ3v) is 7.24. The Morgan fingerprint density at radius 2 is 1.33 bits per heavy atom. The fraction of sp³-hybridized carbons (Fsp3) is 0.114. The van der Waals surface area contributed by atoms with Gasteiger partial charge in [0.15, 0.2) is 5.76 Å². The van der Waals surface area contributed by atoms with E-state index in [-0.39, 0.29) is 17.6 Å². The number of fused-ring (bicyclic) bond motifs is 1. The molecule has 0 fully saturated rings. The molecule has 0 saturated carbocycles. The van der Waals surface area contributed by atoms with Crippen molar-refractivity contribution in [1.29, 1.82) is 0 Å². The van der Waals surface area contributed by atoms with Gasteiger partial charge in [0, 0.05) is 28.8 Å². The van der Waals surface area contributed by atoms with Crippen molar-refractivity contribution in [3.05, 3.63) is 137 Å². The largest absolute Gasteiger partial charge is 0.455 e. The van der Waals surface area contributed by atoms with Gasteiger partial charge in [0.25, 0.3) is 11.8 Å². The summed E-state index contributed by atoms with van der Waals surface area (Å²) in [6, 6.07) is 34.0. The topological polar surface area (TPSA) is 108 Å². The predicted molar refractivity (Wildman–Crippen MR) is 167 cm³/mol. The van der Waals surface area contributed by atoms with E-state index in [1.807, 2.05) is 79.7 Å². The van der Waals surface area contributed by atoms with Gasteiger partial charge in [0.2, 0.25) is 0 Å². The van der Waals surface area contributed by atoms with E-state index in [0.29, 0.717) is 46.8 Å². The Morgan fingerprint density at radius 3 is 2.02 bits per heavy atom. The highest BCUT2D eigenvalue weighted by Crippen LogP contribution is 2.31. The molecule has 6 rings (SSSR count). The Bertz CT molecular complexity index is 1810. The first kappa shape index (κ1) is 27.5. The molecule has 212 valence electrons. The Morgan fingerprint density at radius 1 is 0.698 bits per heavy atom. The predicted octanol–water partition coefficient (Wildman–Crippen LogP) is 8.39. The van der Waals surface area contributed by atoms with E-state index >= 15 is 0 Å². The normalized spacial score (nSPS) is 13.6. The smallest absolute Gasteiger partial charge is 0.291 e. The molecule has 2 N–H and O–H groups in total. The molecule has 8 nitrogen and oxygen atoms in total. The summed E-state index contributed by atoms with van der Waals surface area (Å²) in [5, 5.41) is 15.8. The first-order valence-corrected chi connectivity index (χ1v) is 14.1. The maximum Gasteiger partial charge on any atom is 0.291 e. The fourth-order valence-electron chi connectivity index (χ4n) is 5.03. The van der Waals surface area contributed by atoms with Crippen LogP contribution in [-0.4, -0.2) is 17.5 Å². The maximum absolute atomic E-state index is 13.2. The second-order valence-electron chi connectivity index (χ2n) is 10.2. The van der Waals surface area contributed by atoms with Gasteiger partial charge >= 0.3 is 0 Å². The van der Waals surface area contributed by atoms with Gasteiger partial charge < -0.3 is 9.73 Å². The number of nitrogens with zero attached hydrogens (tertiary/aromatic N) is 3. The van der Waals surface area contributed by atoms with Gasteiger partial charge in [-0.3, -0.25) is 9.59 Å². The molecule has 0 atom stereocenters. The molecule has 1 aliphatic rings. The molecule has 0 bridgehead atoms. The number of azo groups is 1. The lowest BCUT2D eigenvalue weighted by Gasteiger charge is -2.13.